The Kier molecular flexibility index (Phi) is 5.61. The summed E-state index contributed by atoms with van der Waals surface area (Å²) in [5.41, 5.74) is -0.918. The largest absolute Gasteiger partial charge is 0.416 e. The molecule has 0 radical (unpaired) electrons. The Morgan fingerprint density at radius 1 is 1.26 bits per heavy atom. The van der Waals surface area contributed by atoms with Crippen LogP contribution in [0.4, 0.5) is 13.2 Å². The van der Waals surface area contributed by atoms with E-state index in [0.717, 1.165) is 25.2 Å². The van der Waals surface area contributed by atoms with Crippen molar-refractivity contribution >= 4 is 11.6 Å². The highest BCUT2D eigenvalue weighted by atomic mass is 35.5. The highest BCUT2D eigenvalue weighted by Gasteiger charge is 2.39. The molecule has 2 rings (SSSR count). The van der Waals surface area contributed by atoms with Crippen molar-refractivity contribution in [1.82, 2.24) is 10.2 Å². The average molecular weight is 351 g/mol. The number of nitrogens with one attached hydrogen (secondary N) is 1. The van der Waals surface area contributed by atoms with Gasteiger partial charge in [-0.25, -0.2) is 0 Å². The van der Waals surface area contributed by atoms with E-state index in [1.807, 2.05) is 13.8 Å². The Labute approximate surface area is 139 Å². The van der Waals surface area contributed by atoms with Gasteiger partial charge in [0.05, 0.1) is 5.56 Å². The molecule has 0 aromatic heterocycles. The topological polar surface area (TPSA) is 35.5 Å². The summed E-state index contributed by atoms with van der Waals surface area (Å²) in [7, 11) is 0. The van der Waals surface area contributed by atoms with E-state index in [1.54, 1.807) is 0 Å². The third-order valence-corrected chi connectivity index (χ3v) is 4.63. The first-order chi connectivity index (χ1) is 10.7. The van der Waals surface area contributed by atoms with E-state index in [2.05, 4.69) is 10.2 Å². The number of piperazine rings is 1. The lowest BCUT2D eigenvalue weighted by Crippen LogP contribution is -2.49. The maximum absolute atomic E-state index is 13.1. The SMILES string of the molecule is CC(C)(CO)[C@@H](c1cc(C(F)(F)F)ccc1Cl)N1CCNCC1. The molecule has 1 aromatic carbocycles. The lowest BCUT2D eigenvalue weighted by molar-refractivity contribution is -0.137. The van der Waals surface area contributed by atoms with E-state index in [9.17, 15) is 18.3 Å². The molecule has 7 heteroatoms. The monoisotopic (exact) mass is 350 g/mol. The minimum atomic E-state index is -4.42. The highest BCUT2D eigenvalue weighted by Crippen LogP contribution is 2.43. The first-order valence-electron chi connectivity index (χ1n) is 7.59. The van der Waals surface area contributed by atoms with Gasteiger partial charge in [0.1, 0.15) is 0 Å². The molecule has 1 atom stereocenters. The van der Waals surface area contributed by atoms with Crippen molar-refractivity contribution < 1.29 is 18.3 Å². The van der Waals surface area contributed by atoms with Gasteiger partial charge in [-0.3, -0.25) is 4.90 Å². The third-order valence-electron chi connectivity index (χ3n) is 4.28. The zero-order chi connectivity index (χ0) is 17.3. The predicted octanol–water partition coefficient (Wildman–Crippen LogP) is 3.32. The minimum absolute atomic E-state index is 0.145. The molecule has 0 saturated carbocycles. The number of rotatable bonds is 4. The van der Waals surface area contributed by atoms with Crippen molar-refractivity contribution in [1.29, 1.82) is 0 Å². The Hall–Kier alpha value is -0.820. The molecule has 1 aliphatic heterocycles. The van der Waals surface area contributed by atoms with Crippen molar-refractivity contribution in [2.75, 3.05) is 32.8 Å². The number of nitrogens with zero attached hydrogens (tertiary/aromatic N) is 1. The fraction of sp³-hybridized carbons (Fsp3) is 0.625. The Morgan fingerprint density at radius 3 is 2.39 bits per heavy atom. The second kappa shape index (κ2) is 6.97. The number of benzene rings is 1. The number of hydrogen-bond acceptors (Lipinski definition) is 3. The summed E-state index contributed by atoms with van der Waals surface area (Å²) < 4.78 is 39.2. The zero-order valence-electron chi connectivity index (χ0n) is 13.3. The van der Waals surface area contributed by atoms with Gasteiger partial charge in [0.2, 0.25) is 0 Å². The van der Waals surface area contributed by atoms with Crippen LogP contribution in [0.25, 0.3) is 0 Å². The van der Waals surface area contributed by atoms with Crippen molar-refractivity contribution in [3.63, 3.8) is 0 Å². The lowest BCUT2D eigenvalue weighted by atomic mass is 9.79. The molecule has 0 aliphatic carbocycles. The summed E-state index contributed by atoms with van der Waals surface area (Å²) in [6.07, 6.45) is -4.42. The number of alkyl halides is 3. The van der Waals surface area contributed by atoms with E-state index in [-0.39, 0.29) is 12.6 Å². The molecule has 1 heterocycles. The van der Waals surface area contributed by atoms with Gasteiger partial charge in [0, 0.05) is 49.3 Å². The normalized spacial score (nSPS) is 18.9. The van der Waals surface area contributed by atoms with Gasteiger partial charge in [-0.05, 0) is 23.8 Å². The summed E-state index contributed by atoms with van der Waals surface area (Å²) in [6.45, 7) is 6.45. The number of aliphatic hydroxyl groups is 1. The summed E-state index contributed by atoms with van der Waals surface area (Å²) in [6, 6.07) is 3.02. The second-order valence-electron chi connectivity index (χ2n) is 6.57. The van der Waals surface area contributed by atoms with Gasteiger partial charge in [-0.15, -0.1) is 0 Å². The average Bonchev–Trinajstić information content (AvgIpc) is 2.49. The summed E-state index contributed by atoms with van der Waals surface area (Å²) in [4.78, 5) is 2.09. The molecular weight excluding hydrogens is 329 g/mol. The summed E-state index contributed by atoms with van der Waals surface area (Å²) in [5, 5.41) is 13.3. The van der Waals surface area contributed by atoms with Crippen LogP contribution in [0.15, 0.2) is 18.2 Å². The van der Waals surface area contributed by atoms with Gasteiger partial charge >= 0.3 is 6.18 Å². The van der Waals surface area contributed by atoms with E-state index in [1.165, 1.54) is 6.07 Å². The van der Waals surface area contributed by atoms with Crippen LogP contribution in [-0.4, -0.2) is 42.8 Å². The van der Waals surface area contributed by atoms with Crippen molar-refractivity contribution in [2.45, 2.75) is 26.1 Å². The lowest BCUT2D eigenvalue weighted by Gasteiger charge is -2.44. The van der Waals surface area contributed by atoms with Crippen LogP contribution in [0, 0.1) is 5.41 Å². The van der Waals surface area contributed by atoms with Gasteiger partial charge in [-0.1, -0.05) is 25.4 Å². The van der Waals surface area contributed by atoms with E-state index in [0.29, 0.717) is 23.7 Å². The van der Waals surface area contributed by atoms with Gasteiger partial charge in [0.15, 0.2) is 0 Å². The molecule has 1 aromatic rings. The molecule has 0 unspecified atom stereocenters. The van der Waals surface area contributed by atoms with Crippen molar-refractivity contribution in [3.8, 4) is 0 Å². The Balaban J connectivity index is 2.50. The third kappa shape index (κ3) is 4.18. The van der Waals surface area contributed by atoms with Crippen LogP contribution in [0.2, 0.25) is 5.02 Å². The maximum Gasteiger partial charge on any atom is 0.416 e. The first kappa shape index (κ1) is 18.5. The minimum Gasteiger partial charge on any atom is -0.396 e. The highest BCUT2D eigenvalue weighted by molar-refractivity contribution is 6.31. The molecule has 1 saturated heterocycles. The fourth-order valence-corrected chi connectivity index (χ4v) is 3.29. The molecule has 23 heavy (non-hydrogen) atoms. The van der Waals surface area contributed by atoms with Crippen molar-refractivity contribution in [3.05, 3.63) is 34.3 Å². The molecule has 1 fully saturated rings. The quantitative estimate of drug-likeness (QED) is 0.874. The van der Waals surface area contributed by atoms with E-state index >= 15 is 0 Å². The van der Waals surface area contributed by atoms with E-state index in [4.69, 9.17) is 11.6 Å². The molecule has 0 bridgehead atoms. The van der Waals surface area contributed by atoms with Gasteiger partial charge in [0.25, 0.3) is 0 Å². The predicted molar refractivity (Wildman–Crippen MR) is 84.5 cm³/mol. The Morgan fingerprint density at radius 2 is 1.87 bits per heavy atom. The van der Waals surface area contributed by atoms with Crippen molar-refractivity contribution in [2.24, 2.45) is 5.41 Å². The molecule has 1 aliphatic rings. The smallest absolute Gasteiger partial charge is 0.396 e. The molecular formula is C16H22ClF3N2O. The molecule has 0 amide bonds. The molecule has 0 spiro atoms. The second-order valence-corrected chi connectivity index (χ2v) is 6.98. The molecule has 2 N–H and O–H groups in total. The van der Waals surface area contributed by atoms with Crippen LogP contribution in [0.3, 0.4) is 0 Å². The number of aliphatic hydroxyl groups excluding tert-OH is 1. The van der Waals surface area contributed by atoms with Crippen LogP contribution >= 0.6 is 11.6 Å². The molecule has 130 valence electrons. The zero-order valence-corrected chi connectivity index (χ0v) is 14.0. The van der Waals surface area contributed by atoms with Crippen LogP contribution in [0.1, 0.15) is 31.0 Å². The number of hydrogen-bond donors (Lipinski definition) is 2. The molecule has 3 nitrogen and oxygen atoms in total. The van der Waals surface area contributed by atoms with Crippen LogP contribution < -0.4 is 5.32 Å². The number of halogens is 4. The summed E-state index contributed by atoms with van der Waals surface area (Å²) in [5.74, 6) is 0. The van der Waals surface area contributed by atoms with Gasteiger partial charge in [-0.2, -0.15) is 13.2 Å². The standard InChI is InChI=1S/C16H22ClF3N2O/c1-15(2,10-23)14(22-7-5-21-6-8-22)12-9-11(16(18,19)20)3-4-13(12)17/h3-4,9,14,21,23H,5-8,10H2,1-2H3/t14-/m1/s1. The van der Waals surface area contributed by atoms with Crippen LogP contribution in [-0.2, 0) is 6.18 Å². The fourth-order valence-electron chi connectivity index (χ4n) is 3.07. The van der Waals surface area contributed by atoms with E-state index < -0.39 is 17.2 Å². The maximum atomic E-state index is 13.1. The summed E-state index contributed by atoms with van der Waals surface area (Å²) >= 11 is 6.23. The van der Waals surface area contributed by atoms with Crippen LogP contribution in [0.5, 0.6) is 0 Å². The van der Waals surface area contributed by atoms with Gasteiger partial charge < -0.3 is 10.4 Å². The Bertz CT molecular complexity index is 543. The first-order valence-corrected chi connectivity index (χ1v) is 7.97.